The zero-order valence-electron chi connectivity index (χ0n) is 10.8. The molecule has 2 rings (SSSR count). The predicted octanol–water partition coefficient (Wildman–Crippen LogP) is 1.93. The van der Waals surface area contributed by atoms with Gasteiger partial charge in [-0.2, -0.15) is 0 Å². The molecule has 6 heteroatoms. The summed E-state index contributed by atoms with van der Waals surface area (Å²) in [6.07, 6.45) is 0. The lowest BCUT2D eigenvalue weighted by Gasteiger charge is -2.19. The predicted molar refractivity (Wildman–Crippen MR) is 73.2 cm³/mol. The number of amides is 1. The van der Waals surface area contributed by atoms with Crippen LogP contribution in [0.4, 0.5) is 0 Å². The zero-order chi connectivity index (χ0) is 13.8. The van der Waals surface area contributed by atoms with Crippen molar-refractivity contribution in [2.75, 3.05) is 20.2 Å². The van der Waals surface area contributed by atoms with Crippen LogP contribution in [0.15, 0.2) is 23.7 Å². The van der Waals surface area contributed by atoms with E-state index in [1.54, 1.807) is 17.6 Å². The molecule has 1 heterocycles. The maximum Gasteiger partial charge on any atom is 0.325 e. The van der Waals surface area contributed by atoms with Crippen LogP contribution < -0.4 is 0 Å². The number of likely N-dealkylation sites (N-methyl/N-ethyl adjacent to an activating group) is 1. The van der Waals surface area contributed by atoms with Gasteiger partial charge in [-0.25, -0.2) is 4.98 Å². The van der Waals surface area contributed by atoms with Crippen molar-refractivity contribution in [1.29, 1.82) is 0 Å². The van der Waals surface area contributed by atoms with Crippen LogP contribution >= 0.6 is 11.3 Å². The van der Waals surface area contributed by atoms with Gasteiger partial charge in [0.15, 0.2) is 0 Å². The number of methoxy groups -OCH3 is 1. The van der Waals surface area contributed by atoms with Crippen LogP contribution in [0, 0.1) is 0 Å². The van der Waals surface area contributed by atoms with Gasteiger partial charge in [-0.05, 0) is 25.1 Å². The first kappa shape index (κ1) is 13.5. The van der Waals surface area contributed by atoms with Crippen LogP contribution in [0.2, 0.25) is 0 Å². The van der Waals surface area contributed by atoms with E-state index in [1.807, 2.05) is 13.0 Å². The molecule has 5 nitrogen and oxygen atoms in total. The van der Waals surface area contributed by atoms with Gasteiger partial charge in [0.05, 0.1) is 22.8 Å². The van der Waals surface area contributed by atoms with Gasteiger partial charge in [0.25, 0.3) is 5.91 Å². The molecule has 0 radical (unpaired) electrons. The number of benzene rings is 1. The number of carbonyl (C=O) groups excluding carboxylic acids is 2. The first-order valence-corrected chi connectivity index (χ1v) is 6.73. The lowest BCUT2D eigenvalue weighted by atomic mass is 10.2. The molecule has 0 aliphatic heterocycles. The summed E-state index contributed by atoms with van der Waals surface area (Å²) in [4.78, 5) is 29.2. The Morgan fingerprint density at radius 3 is 2.89 bits per heavy atom. The van der Waals surface area contributed by atoms with Crippen molar-refractivity contribution in [2.24, 2.45) is 0 Å². The Morgan fingerprint density at radius 1 is 1.42 bits per heavy atom. The maximum atomic E-state index is 12.3. The first-order chi connectivity index (χ1) is 9.15. The second-order valence-electron chi connectivity index (χ2n) is 3.93. The molecule has 100 valence electrons. The highest BCUT2D eigenvalue weighted by molar-refractivity contribution is 7.16. The Kier molecular flexibility index (Phi) is 4.11. The van der Waals surface area contributed by atoms with Gasteiger partial charge < -0.3 is 9.64 Å². The SMILES string of the molecule is CCN(CC(=O)OC)C(=O)c1ccc2ncsc2c1. The normalized spacial score (nSPS) is 10.4. The number of thiazole rings is 1. The van der Waals surface area contributed by atoms with E-state index in [9.17, 15) is 9.59 Å². The van der Waals surface area contributed by atoms with E-state index in [4.69, 9.17) is 0 Å². The molecule has 1 amide bonds. The van der Waals surface area contributed by atoms with Crippen molar-refractivity contribution in [3.63, 3.8) is 0 Å². The highest BCUT2D eigenvalue weighted by Crippen LogP contribution is 2.20. The average Bonchev–Trinajstić information content (AvgIpc) is 2.90. The Bertz CT molecular complexity index is 609. The third-order valence-electron chi connectivity index (χ3n) is 2.79. The third kappa shape index (κ3) is 2.90. The van der Waals surface area contributed by atoms with Crippen molar-refractivity contribution < 1.29 is 14.3 Å². The van der Waals surface area contributed by atoms with Crippen molar-refractivity contribution >= 4 is 33.4 Å². The van der Waals surface area contributed by atoms with E-state index in [-0.39, 0.29) is 12.5 Å². The Balaban J connectivity index is 2.23. The molecule has 0 fully saturated rings. The van der Waals surface area contributed by atoms with Crippen LogP contribution in [0.25, 0.3) is 10.2 Å². The number of hydrogen-bond donors (Lipinski definition) is 0. The number of esters is 1. The fraction of sp³-hybridized carbons (Fsp3) is 0.308. The lowest BCUT2D eigenvalue weighted by molar-refractivity contribution is -0.141. The van der Waals surface area contributed by atoms with Crippen LogP contribution in [-0.2, 0) is 9.53 Å². The molecule has 19 heavy (non-hydrogen) atoms. The van der Waals surface area contributed by atoms with Crippen LogP contribution in [0.1, 0.15) is 17.3 Å². The fourth-order valence-corrected chi connectivity index (χ4v) is 2.43. The quantitative estimate of drug-likeness (QED) is 0.802. The van der Waals surface area contributed by atoms with Gasteiger partial charge in [-0.3, -0.25) is 9.59 Å². The second-order valence-corrected chi connectivity index (χ2v) is 4.82. The minimum atomic E-state index is -0.422. The molecule has 0 aliphatic rings. The smallest absolute Gasteiger partial charge is 0.325 e. The topological polar surface area (TPSA) is 59.5 Å². The average molecular weight is 278 g/mol. The highest BCUT2D eigenvalue weighted by atomic mass is 32.1. The van der Waals surface area contributed by atoms with Crippen molar-refractivity contribution in [3.05, 3.63) is 29.3 Å². The van der Waals surface area contributed by atoms with E-state index in [1.165, 1.54) is 23.3 Å². The highest BCUT2D eigenvalue weighted by Gasteiger charge is 2.18. The molecule has 0 spiro atoms. The molecule has 0 aliphatic carbocycles. The standard InChI is InChI=1S/C13H14N2O3S/c1-3-15(7-12(16)18-2)13(17)9-4-5-10-11(6-9)19-8-14-10/h4-6,8H,3,7H2,1-2H3. The molecule has 1 aromatic heterocycles. The molecule has 2 aromatic rings. The van der Waals surface area contributed by atoms with Gasteiger partial charge in [-0.1, -0.05) is 0 Å². The number of aromatic nitrogens is 1. The first-order valence-electron chi connectivity index (χ1n) is 5.85. The number of hydrogen-bond acceptors (Lipinski definition) is 5. The molecule has 0 saturated heterocycles. The molecule has 0 atom stereocenters. The van der Waals surface area contributed by atoms with Crippen LogP contribution in [0.3, 0.4) is 0 Å². The van der Waals surface area contributed by atoms with Crippen LogP contribution in [-0.4, -0.2) is 42.0 Å². The summed E-state index contributed by atoms with van der Waals surface area (Å²) >= 11 is 1.48. The van der Waals surface area contributed by atoms with Gasteiger partial charge in [0.1, 0.15) is 6.54 Å². The zero-order valence-corrected chi connectivity index (χ0v) is 11.6. The number of carbonyl (C=O) groups is 2. The van der Waals surface area contributed by atoms with E-state index in [2.05, 4.69) is 9.72 Å². The summed E-state index contributed by atoms with van der Waals surface area (Å²) < 4.78 is 5.54. The second kappa shape index (κ2) is 5.79. The molecular weight excluding hydrogens is 264 g/mol. The molecule has 0 bridgehead atoms. The molecule has 0 saturated carbocycles. The Morgan fingerprint density at radius 2 is 2.21 bits per heavy atom. The van der Waals surface area contributed by atoms with Gasteiger partial charge in [-0.15, -0.1) is 11.3 Å². The Hall–Kier alpha value is -1.95. The van der Waals surface area contributed by atoms with E-state index in [0.29, 0.717) is 12.1 Å². The summed E-state index contributed by atoms with van der Waals surface area (Å²) in [7, 11) is 1.31. The van der Waals surface area contributed by atoms with Gasteiger partial charge in [0, 0.05) is 12.1 Å². The van der Waals surface area contributed by atoms with Crippen molar-refractivity contribution in [2.45, 2.75) is 6.92 Å². The fourth-order valence-electron chi connectivity index (χ4n) is 1.72. The summed E-state index contributed by atoms with van der Waals surface area (Å²) in [6.45, 7) is 2.24. The summed E-state index contributed by atoms with van der Waals surface area (Å²) in [5.41, 5.74) is 3.17. The van der Waals surface area contributed by atoms with Crippen LogP contribution in [0.5, 0.6) is 0 Å². The molecule has 0 unspecified atom stereocenters. The minimum Gasteiger partial charge on any atom is -0.468 e. The van der Waals surface area contributed by atoms with Crippen molar-refractivity contribution in [3.8, 4) is 0 Å². The molecular formula is C13H14N2O3S. The summed E-state index contributed by atoms with van der Waals surface area (Å²) in [6, 6.07) is 5.34. The van der Waals surface area contributed by atoms with Gasteiger partial charge >= 0.3 is 5.97 Å². The van der Waals surface area contributed by atoms with E-state index in [0.717, 1.165) is 10.2 Å². The molecule has 0 N–H and O–H groups in total. The number of fused-ring (bicyclic) bond motifs is 1. The van der Waals surface area contributed by atoms with Gasteiger partial charge in [0.2, 0.25) is 0 Å². The van der Waals surface area contributed by atoms with E-state index >= 15 is 0 Å². The summed E-state index contributed by atoms with van der Waals surface area (Å²) in [5.74, 6) is -0.600. The number of nitrogens with zero attached hydrogens (tertiary/aromatic N) is 2. The molecule has 1 aromatic carbocycles. The van der Waals surface area contributed by atoms with E-state index < -0.39 is 5.97 Å². The number of ether oxygens (including phenoxy) is 1. The van der Waals surface area contributed by atoms with Crippen molar-refractivity contribution in [1.82, 2.24) is 9.88 Å². The number of rotatable bonds is 4. The monoisotopic (exact) mass is 278 g/mol. The third-order valence-corrected chi connectivity index (χ3v) is 3.59. The minimum absolute atomic E-state index is 0.0352. The largest absolute Gasteiger partial charge is 0.468 e. The summed E-state index contributed by atoms with van der Waals surface area (Å²) in [5, 5.41) is 0. The Labute approximate surface area is 114 Å². The maximum absolute atomic E-state index is 12.3. The lowest BCUT2D eigenvalue weighted by Crippen LogP contribution is -2.36.